The molecule has 1 aromatic carbocycles. The van der Waals surface area contributed by atoms with Crippen LogP contribution in [0, 0.1) is 0 Å². The van der Waals surface area contributed by atoms with E-state index in [1.165, 1.54) is 24.8 Å². The number of benzene rings is 1. The second-order valence-corrected chi connectivity index (χ2v) is 4.81. The van der Waals surface area contributed by atoms with E-state index in [9.17, 15) is 0 Å². The van der Waals surface area contributed by atoms with Gasteiger partial charge in [0.15, 0.2) is 0 Å². The topological polar surface area (TPSA) is 21.3 Å². The first-order valence-electron chi connectivity index (χ1n) is 6.19. The van der Waals surface area contributed by atoms with Gasteiger partial charge in [-0.05, 0) is 39.2 Å². The Morgan fingerprint density at radius 3 is 2.69 bits per heavy atom. The molecule has 2 nitrogen and oxygen atoms in total. The number of nitrogens with one attached hydrogen (secondary N) is 1. The smallest absolute Gasteiger partial charge is 0.123 e. The van der Waals surface area contributed by atoms with Gasteiger partial charge >= 0.3 is 0 Å². The molecule has 0 radical (unpaired) electrons. The number of para-hydroxylation sites is 1. The highest BCUT2D eigenvalue weighted by Crippen LogP contribution is 2.31. The van der Waals surface area contributed by atoms with Gasteiger partial charge in [-0.25, -0.2) is 0 Å². The highest BCUT2D eigenvalue weighted by atomic mass is 16.5. The van der Waals surface area contributed by atoms with Gasteiger partial charge in [0.05, 0.1) is 6.61 Å². The highest BCUT2D eigenvalue weighted by molar-refractivity contribution is 5.33. The number of rotatable bonds is 5. The van der Waals surface area contributed by atoms with Crippen molar-refractivity contribution in [2.45, 2.75) is 45.2 Å². The van der Waals surface area contributed by atoms with E-state index in [0.717, 1.165) is 18.9 Å². The van der Waals surface area contributed by atoms with E-state index < -0.39 is 0 Å². The summed E-state index contributed by atoms with van der Waals surface area (Å²) in [6.45, 7) is 5.97. The van der Waals surface area contributed by atoms with Crippen LogP contribution in [0.15, 0.2) is 24.3 Å². The van der Waals surface area contributed by atoms with Gasteiger partial charge < -0.3 is 10.1 Å². The molecule has 0 unspecified atom stereocenters. The van der Waals surface area contributed by atoms with E-state index in [1.807, 2.05) is 19.1 Å². The van der Waals surface area contributed by atoms with Gasteiger partial charge in [-0.3, -0.25) is 0 Å². The lowest BCUT2D eigenvalue weighted by atomic mass is 9.78. The van der Waals surface area contributed by atoms with Crippen molar-refractivity contribution in [2.24, 2.45) is 0 Å². The van der Waals surface area contributed by atoms with Crippen LogP contribution in [0.3, 0.4) is 0 Å². The van der Waals surface area contributed by atoms with Crippen LogP contribution in [0.4, 0.5) is 0 Å². The van der Waals surface area contributed by atoms with Gasteiger partial charge in [0, 0.05) is 17.6 Å². The molecule has 2 rings (SSSR count). The van der Waals surface area contributed by atoms with Crippen molar-refractivity contribution in [1.82, 2.24) is 5.32 Å². The van der Waals surface area contributed by atoms with Crippen LogP contribution in [0.2, 0.25) is 0 Å². The van der Waals surface area contributed by atoms with Crippen molar-refractivity contribution in [1.29, 1.82) is 0 Å². The predicted molar refractivity (Wildman–Crippen MR) is 66.7 cm³/mol. The Morgan fingerprint density at radius 2 is 2.06 bits per heavy atom. The maximum absolute atomic E-state index is 5.61. The zero-order valence-electron chi connectivity index (χ0n) is 10.3. The fraction of sp³-hybridized carbons (Fsp3) is 0.571. The van der Waals surface area contributed by atoms with Crippen LogP contribution in [0.1, 0.15) is 38.7 Å². The fourth-order valence-corrected chi connectivity index (χ4v) is 2.14. The molecule has 1 aliphatic rings. The quantitative estimate of drug-likeness (QED) is 0.821. The fourth-order valence-electron chi connectivity index (χ4n) is 2.14. The second-order valence-electron chi connectivity index (χ2n) is 4.81. The Kier molecular flexibility index (Phi) is 3.49. The summed E-state index contributed by atoms with van der Waals surface area (Å²) in [5.74, 6) is 1.01. The molecule has 0 bridgehead atoms. The second kappa shape index (κ2) is 4.88. The van der Waals surface area contributed by atoms with E-state index in [4.69, 9.17) is 4.74 Å². The Balaban J connectivity index is 1.97. The first kappa shape index (κ1) is 11.5. The molecule has 2 heteroatoms. The molecule has 0 spiro atoms. The lowest BCUT2D eigenvalue weighted by Crippen LogP contribution is -2.47. The third-order valence-electron chi connectivity index (χ3n) is 3.44. The molecule has 1 aliphatic carbocycles. The third kappa shape index (κ3) is 2.56. The normalized spacial score (nSPS) is 17.9. The summed E-state index contributed by atoms with van der Waals surface area (Å²) in [7, 11) is 0. The first-order valence-corrected chi connectivity index (χ1v) is 6.19. The molecular formula is C14H21NO. The largest absolute Gasteiger partial charge is 0.494 e. The average molecular weight is 219 g/mol. The van der Waals surface area contributed by atoms with E-state index in [1.54, 1.807) is 0 Å². The maximum Gasteiger partial charge on any atom is 0.123 e. The summed E-state index contributed by atoms with van der Waals surface area (Å²) in [6, 6.07) is 8.28. The first-order chi connectivity index (χ1) is 7.73. The van der Waals surface area contributed by atoms with Crippen molar-refractivity contribution in [3.63, 3.8) is 0 Å². The van der Waals surface area contributed by atoms with Crippen molar-refractivity contribution >= 4 is 0 Å². The summed E-state index contributed by atoms with van der Waals surface area (Å²) < 4.78 is 5.61. The summed E-state index contributed by atoms with van der Waals surface area (Å²) in [4.78, 5) is 0. The predicted octanol–water partition coefficient (Wildman–Crippen LogP) is 3.12. The van der Waals surface area contributed by atoms with Gasteiger partial charge in [0.1, 0.15) is 5.75 Å². The molecule has 1 fully saturated rings. The lowest BCUT2D eigenvalue weighted by molar-refractivity contribution is 0.205. The molecule has 16 heavy (non-hydrogen) atoms. The van der Waals surface area contributed by atoms with Crippen LogP contribution in [0.5, 0.6) is 5.75 Å². The van der Waals surface area contributed by atoms with Crippen molar-refractivity contribution < 1.29 is 4.74 Å². The molecule has 0 saturated heterocycles. The molecule has 1 N–H and O–H groups in total. The SMILES string of the molecule is CCOc1ccccc1CNC1(C)CCC1. The van der Waals surface area contributed by atoms with Crippen LogP contribution in [-0.2, 0) is 6.54 Å². The van der Waals surface area contributed by atoms with E-state index in [2.05, 4.69) is 24.4 Å². The zero-order valence-corrected chi connectivity index (χ0v) is 10.3. The number of ether oxygens (including phenoxy) is 1. The van der Waals surface area contributed by atoms with Crippen LogP contribution in [0.25, 0.3) is 0 Å². The lowest BCUT2D eigenvalue weighted by Gasteiger charge is -2.39. The molecule has 0 amide bonds. The van der Waals surface area contributed by atoms with Gasteiger partial charge in [0.2, 0.25) is 0 Å². The summed E-state index contributed by atoms with van der Waals surface area (Å²) in [5, 5.41) is 3.63. The van der Waals surface area contributed by atoms with Gasteiger partial charge in [-0.2, -0.15) is 0 Å². The molecule has 0 aromatic heterocycles. The molecular weight excluding hydrogens is 198 g/mol. The summed E-state index contributed by atoms with van der Waals surface area (Å²) in [6.07, 6.45) is 3.95. The Morgan fingerprint density at radius 1 is 1.31 bits per heavy atom. The van der Waals surface area contributed by atoms with Crippen molar-refractivity contribution in [3.05, 3.63) is 29.8 Å². The number of hydrogen-bond donors (Lipinski definition) is 1. The Labute approximate surface area is 98.0 Å². The minimum atomic E-state index is 0.360. The third-order valence-corrected chi connectivity index (χ3v) is 3.44. The van der Waals surface area contributed by atoms with Gasteiger partial charge in [0.25, 0.3) is 0 Å². The monoisotopic (exact) mass is 219 g/mol. The average Bonchev–Trinajstić information content (AvgIpc) is 2.26. The Bertz CT molecular complexity index is 344. The van der Waals surface area contributed by atoms with E-state index in [0.29, 0.717) is 5.54 Å². The number of hydrogen-bond acceptors (Lipinski definition) is 2. The zero-order chi connectivity index (χ0) is 11.4. The highest BCUT2D eigenvalue weighted by Gasteiger charge is 2.30. The minimum absolute atomic E-state index is 0.360. The molecule has 0 aliphatic heterocycles. The molecule has 88 valence electrons. The van der Waals surface area contributed by atoms with Crippen LogP contribution >= 0.6 is 0 Å². The van der Waals surface area contributed by atoms with Crippen molar-refractivity contribution in [3.8, 4) is 5.75 Å². The molecule has 1 aromatic rings. The van der Waals surface area contributed by atoms with Gasteiger partial charge in [-0.1, -0.05) is 18.2 Å². The minimum Gasteiger partial charge on any atom is -0.494 e. The van der Waals surface area contributed by atoms with E-state index in [-0.39, 0.29) is 0 Å². The van der Waals surface area contributed by atoms with Crippen LogP contribution < -0.4 is 10.1 Å². The molecule has 0 atom stereocenters. The molecule has 0 heterocycles. The van der Waals surface area contributed by atoms with Gasteiger partial charge in [-0.15, -0.1) is 0 Å². The Hall–Kier alpha value is -1.02. The maximum atomic E-state index is 5.61. The van der Waals surface area contributed by atoms with E-state index >= 15 is 0 Å². The summed E-state index contributed by atoms with van der Waals surface area (Å²) in [5.41, 5.74) is 1.62. The standard InChI is InChI=1S/C14H21NO/c1-3-16-13-8-5-4-7-12(13)11-15-14(2)9-6-10-14/h4-5,7-8,15H,3,6,9-11H2,1-2H3. The van der Waals surface area contributed by atoms with Crippen LogP contribution in [-0.4, -0.2) is 12.1 Å². The summed E-state index contributed by atoms with van der Waals surface area (Å²) >= 11 is 0. The molecule has 1 saturated carbocycles. The van der Waals surface area contributed by atoms with Crippen molar-refractivity contribution in [2.75, 3.05) is 6.61 Å².